The van der Waals surface area contributed by atoms with Crippen molar-refractivity contribution in [1.29, 1.82) is 0 Å². The molecule has 16 heavy (non-hydrogen) atoms. The first-order valence-electron chi connectivity index (χ1n) is 5.83. The third kappa shape index (κ3) is 4.29. The number of nitrogens with zero attached hydrogens (tertiary/aromatic N) is 2. The van der Waals surface area contributed by atoms with Crippen LogP contribution in [0.2, 0.25) is 0 Å². The minimum Gasteiger partial charge on any atom is -0.395 e. The van der Waals surface area contributed by atoms with Crippen LogP contribution < -0.4 is 0 Å². The molecule has 1 rings (SSSR count). The summed E-state index contributed by atoms with van der Waals surface area (Å²) in [6, 6.07) is 4.24. The summed E-state index contributed by atoms with van der Waals surface area (Å²) in [6.07, 6.45) is 4.68. The smallest absolute Gasteiger partial charge is 0.0586 e. The number of aromatic nitrogens is 1. The van der Waals surface area contributed by atoms with Gasteiger partial charge in [-0.05, 0) is 31.0 Å². The van der Waals surface area contributed by atoms with Gasteiger partial charge in [-0.2, -0.15) is 0 Å². The van der Waals surface area contributed by atoms with E-state index in [-0.39, 0.29) is 12.6 Å². The summed E-state index contributed by atoms with van der Waals surface area (Å²) < 4.78 is 0. The van der Waals surface area contributed by atoms with Gasteiger partial charge >= 0.3 is 0 Å². The molecule has 0 aromatic carbocycles. The maximum atomic E-state index is 9.37. The second-order valence-corrected chi connectivity index (χ2v) is 4.74. The summed E-state index contributed by atoms with van der Waals surface area (Å²) in [6.45, 7) is 5.42. The van der Waals surface area contributed by atoms with Crippen molar-refractivity contribution in [3.05, 3.63) is 30.1 Å². The highest BCUT2D eigenvalue weighted by molar-refractivity contribution is 5.08. The number of aliphatic hydroxyl groups is 1. The van der Waals surface area contributed by atoms with Crippen LogP contribution in [0.25, 0.3) is 0 Å². The fraction of sp³-hybridized carbons (Fsp3) is 0.615. The molecule has 0 spiro atoms. The van der Waals surface area contributed by atoms with Gasteiger partial charge in [0.15, 0.2) is 0 Å². The molecule has 1 atom stereocenters. The Balaban J connectivity index is 2.52. The third-order valence-electron chi connectivity index (χ3n) is 2.73. The number of aliphatic hydroxyl groups excluding tert-OH is 1. The molecule has 0 radical (unpaired) electrons. The quantitative estimate of drug-likeness (QED) is 0.799. The SMILES string of the molecule is CC(C)C[C@@H](CO)N(C)Cc1cccnc1. The van der Waals surface area contributed by atoms with Crippen LogP contribution in [0.4, 0.5) is 0 Å². The Kier molecular flexibility index (Phi) is 5.43. The molecule has 1 N–H and O–H groups in total. The maximum absolute atomic E-state index is 9.37. The zero-order valence-electron chi connectivity index (χ0n) is 10.4. The molecule has 0 aliphatic rings. The fourth-order valence-corrected chi connectivity index (χ4v) is 1.85. The van der Waals surface area contributed by atoms with Crippen molar-refractivity contribution in [3.8, 4) is 0 Å². The van der Waals surface area contributed by atoms with E-state index in [0.29, 0.717) is 5.92 Å². The number of hydrogen-bond donors (Lipinski definition) is 1. The summed E-state index contributed by atoms with van der Waals surface area (Å²) >= 11 is 0. The molecule has 0 bridgehead atoms. The summed E-state index contributed by atoms with van der Waals surface area (Å²) in [5.74, 6) is 0.605. The molecule has 0 saturated heterocycles. The molecule has 0 aliphatic heterocycles. The molecule has 0 aliphatic carbocycles. The average Bonchev–Trinajstić information content (AvgIpc) is 2.26. The molecule has 1 aromatic heterocycles. The summed E-state index contributed by atoms with van der Waals surface area (Å²) in [7, 11) is 2.05. The first-order valence-corrected chi connectivity index (χ1v) is 5.83. The van der Waals surface area contributed by atoms with Crippen LogP contribution >= 0.6 is 0 Å². The van der Waals surface area contributed by atoms with Crippen molar-refractivity contribution in [2.75, 3.05) is 13.7 Å². The monoisotopic (exact) mass is 222 g/mol. The first kappa shape index (κ1) is 13.1. The van der Waals surface area contributed by atoms with Gasteiger partial charge in [-0.3, -0.25) is 9.88 Å². The summed E-state index contributed by atoms with van der Waals surface area (Å²) in [5, 5.41) is 9.37. The normalized spacial score (nSPS) is 13.4. The molecule has 1 aromatic rings. The highest BCUT2D eigenvalue weighted by Crippen LogP contribution is 2.12. The topological polar surface area (TPSA) is 36.4 Å². The van der Waals surface area contributed by atoms with Crippen molar-refractivity contribution >= 4 is 0 Å². The van der Waals surface area contributed by atoms with Gasteiger partial charge in [-0.25, -0.2) is 0 Å². The molecule has 1 heterocycles. The van der Waals surface area contributed by atoms with Gasteiger partial charge in [0.05, 0.1) is 6.61 Å². The standard InChI is InChI=1S/C13H22N2O/c1-11(2)7-13(10-16)15(3)9-12-5-4-6-14-8-12/h4-6,8,11,13,16H,7,9-10H2,1-3H3/t13-/m0/s1. The van der Waals surface area contributed by atoms with Crippen LogP contribution in [0.15, 0.2) is 24.5 Å². The van der Waals surface area contributed by atoms with E-state index in [9.17, 15) is 5.11 Å². The largest absolute Gasteiger partial charge is 0.395 e. The molecule has 0 fully saturated rings. The molecular weight excluding hydrogens is 200 g/mol. The first-order chi connectivity index (χ1) is 7.63. The highest BCUT2D eigenvalue weighted by Gasteiger charge is 2.15. The maximum Gasteiger partial charge on any atom is 0.0586 e. The van der Waals surface area contributed by atoms with Gasteiger partial charge in [-0.15, -0.1) is 0 Å². The zero-order chi connectivity index (χ0) is 12.0. The van der Waals surface area contributed by atoms with Gasteiger partial charge < -0.3 is 5.11 Å². The minimum absolute atomic E-state index is 0.217. The zero-order valence-corrected chi connectivity index (χ0v) is 10.4. The third-order valence-corrected chi connectivity index (χ3v) is 2.73. The van der Waals surface area contributed by atoms with Gasteiger partial charge in [0.25, 0.3) is 0 Å². The Morgan fingerprint density at radius 1 is 1.44 bits per heavy atom. The van der Waals surface area contributed by atoms with Crippen LogP contribution in [0.5, 0.6) is 0 Å². The molecule has 0 amide bonds. The number of rotatable bonds is 6. The lowest BCUT2D eigenvalue weighted by Crippen LogP contribution is -2.35. The van der Waals surface area contributed by atoms with Crippen molar-refractivity contribution in [3.63, 3.8) is 0 Å². The predicted octanol–water partition coefficient (Wildman–Crippen LogP) is 1.92. The van der Waals surface area contributed by atoms with Gasteiger partial charge in [0.2, 0.25) is 0 Å². The predicted molar refractivity (Wildman–Crippen MR) is 66.0 cm³/mol. The van der Waals surface area contributed by atoms with E-state index < -0.39 is 0 Å². The molecule has 0 saturated carbocycles. The Morgan fingerprint density at radius 3 is 2.69 bits per heavy atom. The van der Waals surface area contributed by atoms with E-state index in [1.54, 1.807) is 6.20 Å². The minimum atomic E-state index is 0.217. The van der Waals surface area contributed by atoms with Gasteiger partial charge in [0, 0.05) is 25.0 Å². The summed E-state index contributed by atoms with van der Waals surface area (Å²) in [5.41, 5.74) is 1.19. The highest BCUT2D eigenvalue weighted by atomic mass is 16.3. The second kappa shape index (κ2) is 6.61. The van der Waals surface area contributed by atoms with Crippen molar-refractivity contribution in [2.24, 2.45) is 5.92 Å². The second-order valence-electron chi connectivity index (χ2n) is 4.74. The van der Waals surface area contributed by atoms with E-state index in [0.717, 1.165) is 13.0 Å². The Hall–Kier alpha value is -0.930. The lowest BCUT2D eigenvalue weighted by atomic mass is 10.0. The van der Waals surface area contributed by atoms with Crippen LogP contribution in [-0.4, -0.2) is 34.7 Å². The molecule has 3 nitrogen and oxygen atoms in total. The van der Waals surface area contributed by atoms with E-state index in [1.807, 2.05) is 12.3 Å². The number of pyridine rings is 1. The lowest BCUT2D eigenvalue weighted by molar-refractivity contribution is 0.124. The molecule has 90 valence electrons. The van der Waals surface area contributed by atoms with Crippen molar-refractivity contribution < 1.29 is 5.11 Å². The van der Waals surface area contributed by atoms with Gasteiger partial charge in [0.1, 0.15) is 0 Å². The van der Waals surface area contributed by atoms with Crippen LogP contribution in [0.1, 0.15) is 25.8 Å². The van der Waals surface area contributed by atoms with E-state index in [1.165, 1.54) is 5.56 Å². The summed E-state index contributed by atoms with van der Waals surface area (Å²) in [4.78, 5) is 6.29. The Bertz CT molecular complexity index is 287. The molecule has 3 heteroatoms. The average molecular weight is 222 g/mol. The van der Waals surface area contributed by atoms with Crippen LogP contribution in [0, 0.1) is 5.92 Å². The van der Waals surface area contributed by atoms with E-state index >= 15 is 0 Å². The van der Waals surface area contributed by atoms with Gasteiger partial charge in [-0.1, -0.05) is 19.9 Å². The van der Waals surface area contributed by atoms with E-state index in [4.69, 9.17) is 0 Å². The number of likely N-dealkylation sites (N-methyl/N-ethyl adjacent to an activating group) is 1. The Labute approximate surface area is 98.1 Å². The molecule has 0 unspecified atom stereocenters. The van der Waals surface area contributed by atoms with Crippen LogP contribution in [0.3, 0.4) is 0 Å². The molecular formula is C13H22N2O. The fourth-order valence-electron chi connectivity index (χ4n) is 1.85. The lowest BCUT2D eigenvalue weighted by Gasteiger charge is -2.27. The Morgan fingerprint density at radius 2 is 2.19 bits per heavy atom. The van der Waals surface area contributed by atoms with E-state index in [2.05, 4.69) is 36.8 Å². The number of hydrogen-bond acceptors (Lipinski definition) is 3. The van der Waals surface area contributed by atoms with Crippen molar-refractivity contribution in [1.82, 2.24) is 9.88 Å². The van der Waals surface area contributed by atoms with Crippen molar-refractivity contribution in [2.45, 2.75) is 32.9 Å². The van der Waals surface area contributed by atoms with Crippen LogP contribution in [-0.2, 0) is 6.54 Å².